The van der Waals surface area contributed by atoms with Gasteiger partial charge in [-0.3, -0.25) is 9.78 Å². The minimum atomic E-state index is -4.08. The van der Waals surface area contributed by atoms with E-state index in [4.69, 9.17) is 0 Å². The molecule has 0 saturated heterocycles. The second kappa shape index (κ2) is 10.0. The average Bonchev–Trinajstić information content (AvgIpc) is 3.62. The van der Waals surface area contributed by atoms with Gasteiger partial charge in [0, 0.05) is 23.2 Å². The lowest BCUT2D eigenvalue weighted by Crippen LogP contribution is -2.54. The quantitative estimate of drug-likeness (QED) is 0.334. The standard InChI is InChI=1S/C23H26BN3O5S/c28-23(26-22(24(29)30)14-17-9-10-17)20(13-16-5-2-1-3-6-16)27-33(31,32)21-8-4-7-18-15-25-12-11-19(18)21/h1-8,11-12,15,17,20,22,27,29-30H,9-10,13-14H2,(H,26,28). The van der Waals surface area contributed by atoms with Gasteiger partial charge in [0.2, 0.25) is 15.9 Å². The predicted molar refractivity (Wildman–Crippen MR) is 125 cm³/mol. The van der Waals surface area contributed by atoms with Gasteiger partial charge in [-0.1, -0.05) is 55.3 Å². The third-order valence-electron chi connectivity index (χ3n) is 5.80. The summed E-state index contributed by atoms with van der Waals surface area (Å²) in [6, 6.07) is 14.4. The third-order valence-corrected chi connectivity index (χ3v) is 7.33. The Labute approximate surface area is 193 Å². The first-order chi connectivity index (χ1) is 15.8. The van der Waals surface area contributed by atoms with E-state index in [0.717, 1.165) is 18.4 Å². The lowest BCUT2D eigenvalue weighted by molar-refractivity contribution is -0.123. The van der Waals surface area contributed by atoms with Crippen LogP contribution in [0.2, 0.25) is 0 Å². The van der Waals surface area contributed by atoms with Crippen LogP contribution in [0.15, 0.2) is 71.9 Å². The van der Waals surface area contributed by atoms with Gasteiger partial charge in [-0.25, -0.2) is 8.42 Å². The summed E-state index contributed by atoms with van der Waals surface area (Å²) in [5.74, 6) is -1.13. The van der Waals surface area contributed by atoms with E-state index in [9.17, 15) is 23.3 Å². The minimum absolute atomic E-state index is 0.0463. The molecule has 0 radical (unpaired) electrons. The van der Waals surface area contributed by atoms with Crippen LogP contribution in [0.25, 0.3) is 10.8 Å². The van der Waals surface area contributed by atoms with Gasteiger partial charge in [0.1, 0.15) is 6.04 Å². The Morgan fingerprint density at radius 2 is 1.85 bits per heavy atom. The third kappa shape index (κ3) is 5.97. The number of sulfonamides is 1. The molecule has 1 fully saturated rings. The first kappa shape index (κ1) is 23.4. The second-order valence-electron chi connectivity index (χ2n) is 8.42. The minimum Gasteiger partial charge on any atom is -0.426 e. The number of hydrogen-bond donors (Lipinski definition) is 4. The van der Waals surface area contributed by atoms with Crippen molar-refractivity contribution in [1.82, 2.24) is 15.0 Å². The number of carbonyl (C=O) groups excluding carboxylic acids is 1. The number of nitrogens with zero attached hydrogens (tertiary/aromatic N) is 1. The fourth-order valence-electron chi connectivity index (χ4n) is 3.87. The zero-order valence-electron chi connectivity index (χ0n) is 18.0. The fraction of sp³-hybridized carbons (Fsp3) is 0.304. The monoisotopic (exact) mass is 467 g/mol. The Balaban J connectivity index is 1.61. The summed E-state index contributed by atoms with van der Waals surface area (Å²) < 4.78 is 29.2. The Kier molecular flexibility index (Phi) is 7.09. The van der Waals surface area contributed by atoms with Crippen LogP contribution in [0.1, 0.15) is 24.8 Å². The molecule has 33 heavy (non-hydrogen) atoms. The molecule has 1 saturated carbocycles. The number of pyridine rings is 1. The van der Waals surface area contributed by atoms with Crippen molar-refractivity contribution in [2.75, 3.05) is 0 Å². The molecule has 0 bridgehead atoms. The van der Waals surface area contributed by atoms with E-state index in [1.807, 2.05) is 18.2 Å². The predicted octanol–water partition coefficient (Wildman–Crippen LogP) is 1.42. The molecule has 1 amide bonds. The van der Waals surface area contributed by atoms with E-state index in [2.05, 4.69) is 15.0 Å². The molecule has 1 aliphatic rings. The summed E-state index contributed by atoms with van der Waals surface area (Å²) in [6.45, 7) is 0. The number of fused-ring (bicyclic) bond motifs is 1. The average molecular weight is 467 g/mol. The van der Waals surface area contributed by atoms with Crippen LogP contribution in [-0.4, -0.2) is 48.5 Å². The Hall–Kier alpha value is -2.79. The zero-order chi connectivity index (χ0) is 23.4. The molecule has 1 aromatic heterocycles. The molecule has 2 aromatic carbocycles. The normalized spacial score (nSPS) is 15.7. The van der Waals surface area contributed by atoms with Crippen LogP contribution in [-0.2, 0) is 21.2 Å². The number of benzene rings is 2. The highest BCUT2D eigenvalue weighted by atomic mass is 32.2. The SMILES string of the molecule is O=C(NC(CC1CC1)B(O)O)C(Cc1ccccc1)NS(=O)(=O)c1cccc2cnccc12. The maximum atomic E-state index is 13.3. The Morgan fingerprint density at radius 1 is 1.09 bits per heavy atom. The van der Waals surface area contributed by atoms with Crippen molar-refractivity contribution >= 4 is 33.8 Å². The Bertz CT molecular complexity index is 1210. The molecule has 4 N–H and O–H groups in total. The van der Waals surface area contributed by atoms with Crippen molar-refractivity contribution in [3.05, 3.63) is 72.6 Å². The van der Waals surface area contributed by atoms with Gasteiger partial charge < -0.3 is 15.4 Å². The van der Waals surface area contributed by atoms with E-state index in [1.165, 1.54) is 12.3 Å². The summed E-state index contributed by atoms with van der Waals surface area (Å²) in [6.07, 6.45) is 5.60. The van der Waals surface area contributed by atoms with E-state index < -0.39 is 35.0 Å². The zero-order valence-corrected chi connectivity index (χ0v) is 18.8. The number of nitrogens with one attached hydrogen (secondary N) is 2. The molecule has 4 rings (SSSR count). The number of carbonyl (C=O) groups is 1. The number of amides is 1. The largest absolute Gasteiger partial charge is 0.475 e. The second-order valence-corrected chi connectivity index (χ2v) is 10.1. The van der Waals surface area contributed by atoms with Gasteiger partial charge in [-0.15, -0.1) is 0 Å². The van der Waals surface area contributed by atoms with E-state index in [1.54, 1.807) is 36.5 Å². The van der Waals surface area contributed by atoms with Crippen LogP contribution < -0.4 is 10.0 Å². The van der Waals surface area contributed by atoms with Crippen LogP contribution in [0.5, 0.6) is 0 Å². The number of rotatable bonds is 10. The van der Waals surface area contributed by atoms with Crippen molar-refractivity contribution in [2.45, 2.75) is 42.6 Å². The van der Waals surface area contributed by atoms with Gasteiger partial charge >= 0.3 is 7.12 Å². The molecule has 1 aliphatic carbocycles. The van der Waals surface area contributed by atoms with E-state index in [-0.39, 0.29) is 11.3 Å². The molecule has 8 nitrogen and oxygen atoms in total. The number of hydrogen-bond acceptors (Lipinski definition) is 6. The van der Waals surface area contributed by atoms with Gasteiger partial charge in [-0.05, 0) is 36.5 Å². The maximum Gasteiger partial charge on any atom is 0.475 e. The van der Waals surface area contributed by atoms with Gasteiger partial charge in [0.05, 0.1) is 10.8 Å². The smallest absolute Gasteiger partial charge is 0.426 e. The molecule has 2 atom stereocenters. The molecule has 2 unspecified atom stereocenters. The van der Waals surface area contributed by atoms with E-state index >= 15 is 0 Å². The summed E-state index contributed by atoms with van der Waals surface area (Å²) >= 11 is 0. The topological polar surface area (TPSA) is 129 Å². The van der Waals surface area contributed by atoms with Crippen molar-refractivity contribution in [3.63, 3.8) is 0 Å². The molecule has 1 heterocycles. The lowest BCUT2D eigenvalue weighted by atomic mass is 9.76. The highest BCUT2D eigenvalue weighted by Crippen LogP contribution is 2.33. The van der Waals surface area contributed by atoms with Crippen LogP contribution >= 0.6 is 0 Å². The van der Waals surface area contributed by atoms with Crippen molar-refractivity contribution in [2.24, 2.45) is 5.92 Å². The van der Waals surface area contributed by atoms with Crippen molar-refractivity contribution in [1.29, 1.82) is 0 Å². The van der Waals surface area contributed by atoms with Gasteiger partial charge in [0.15, 0.2) is 0 Å². The molecule has 0 spiro atoms. The molecule has 0 aliphatic heterocycles. The van der Waals surface area contributed by atoms with Crippen molar-refractivity contribution < 1.29 is 23.3 Å². The molecular formula is C23H26BN3O5S. The summed E-state index contributed by atoms with van der Waals surface area (Å²) in [5.41, 5.74) is 0.769. The highest BCUT2D eigenvalue weighted by molar-refractivity contribution is 7.89. The molecule has 10 heteroatoms. The fourth-order valence-corrected chi connectivity index (χ4v) is 5.29. The van der Waals surface area contributed by atoms with Gasteiger partial charge in [-0.2, -0.15) is 4.72 Å². The Morgan fingerprint density at radius 3 is 2.55 bits per heavy atom. The molecular weight excluding hydrogens is 441 g/mol. The number of aromatic nitrogens is 1. The first-order valence-corrected chi connectivity index (χ1v) is 12.4. The highest BCUT2D eigenvalue weighted by Gasteiger charge is 2.35. The van der Waals surface area contributed by atoms with Crippen molar-refractivity contribution in [3.8, 4) is 0 Å². The molecule has 3 aromatic rings. The summed E-state index contributed by atoms with van der Waals surface area (Å²) in [7, 11) is -5.81. The van der Waals surface area contributed by atoms with Crippen LogP contribution in [0, 0.1) is 5.92 Å². The maximum absolute atomic E-state index is 13.3. The van der Waals surface area contributed by atoms with Gasteiger partial charge in [0.25, 0.3) is 0 Å². The van der Waals surface area contributed by atoms with Crippen LogP contribution in [0.3, 0.4) is 0 Å². The first-order valence-electron chi connectivity index (χ1n) is 10.9. The summed E-state index contributed by atoms with van der Waals surface area (Å²) in [4.78, 5) is 17.2. The van der Waals surface area contributed by atoms with Crippen LogP contribution in [0.4, 0.5) is 0 Å². The summed E-state index contributed by atoms with van der Waals surface area (Å²) in [5, 5.41) is 23.3. The lowest BCUT2D eigenvalue weighted by Gasteiger charge is -2.23. The van der Waals surface area contributed by atoms with E-state index in [0.29, 0.717) is 23.1 Å². The molecule has 172 valence electrons.